The van der Waals surface area contributed by atoms with Crippen LogP contribution >= 0.6 is 0 Å². The second-order valence-electron chi connectivity index (χ2n) is 6.75. The van der Waals surface area contributed by atoms with Crippen molar-refractivity contribution in [3.8, 4) is 11.1 Å². The van der Waals surface area contributed by atoms with Crippen LogP contribution in [0.15, 0.2) is 36.4 Å². The average Bonchev–Trinajstić information content (AvgIpc) is 3.07. The summed E-state index contributed by atoms with van der Waals surface area (Å²) in [6, 6.07) is 9.05. The summed E-state index contributed by atoms with van der Waals surface area (Å²) < 4.78 is 0. The van der Waals surface area contributed by atoms with Crippen LogP contribution in [0.5, 0.6) is 0 Å². The molecule has 0 aliphatic carbocycles. The van der Waals surface area contributed by atoms with Gasteiger partial charge in [-0.2, -0.15) is 10.0 Å². The third-order valence-corrected chi connectivity index (χ3v) is 4.64. The zero-order chi connectivity index (χ0) is 21.7. The maximum atomic E-state index is 12.5. The lowest BCUT2D eigenvalue weighted by Crippen LogP contribution is -2.44. The summed E-state index contributed by atoms with van der Waals surface area (Å²) in [4.78, 5) is 72.1. The molecular formula is C20H14N4O6. The number of nitrogens with one attached hydrogen (secondary N) is 2. The predicted octanol–water partition coefficient (Wildman–Crippen LogP) is 0.648. The zero-order valence-electron chi connectivity index (χ0n) is 15.8. The molecule has 0 fully saturated rings. The number of hydrogen-bond acceptors (Lipinski definition) is 6. The van der Waals surface area contributed by atoms with Crippen molar-refractivity contribution in [3.63, 3.8) is 0 Å². The molecule has 2 aliphatic heterocycles. The minimum atomic E-state index is -0.670. The Morgan fingerprint density at radius 3 is 1.27 bits per heavy atom. The molecule has 0 radical (unpaired) electrons. The van der Waals surface area contributed by atoms with Gasteiger partial charge < -0.3 is 0 Å². The highest BCUT2D eigenvalue weighted by molar-refractivity contribution is 6.23. The summed E-state index contributed by atoms with van der Waals surface area (Å²) in [7, 11) is 0. The second-order valence-corrected chi connectivity index (χ2v) is 6.75. The molecule has 0 spiro atoms. The lowest BCUT2D eigenvalue weighted by atomic mass is 9.97. The summed E-state index contributed by atoms with van der Waals surface area (Å²) in [5.41, 5.74) is 5.92. The van der Waals surface area contributed by atoms with Crippen LogP contribution in [-0.2, 0) is 9.59 Å². The molecule has 2 heterocycles. The van der Waals surface area contributed by atoms with Crippen molar-refractivity contribution in [1.29, 1.82) is 0 Å². The first kappa shape index (κ1) is 19.0. The first-order chi connectivity index (χ1) is 14.2. The van der Waals surface area contributed by atoms with E-state index in [2.05, 4.69) is 10.9 Å². The standard InChI is InChI=1S/C20H14N4O6/c1-9(25)21-23-17(27)13-5-3-11(7-15(13)19(23)29)12-4-6-14-16(8-12)20(30)24(18(14)28)22-10(2)26/h3-8H,1-2H3,(H,21,25)(H,22,26). The van der Waals surface area contributed by atoms with Crippen molar-refractivity contribution < 1.29 is 28.8 Å². The summed E-state index contributed by atoms with van der Waals surface area (Å²) in [6.45, 7) is 2.37. The zero-order valence-corrected chi connectivity index (χ0v) is 15.8. The van der Waals surface area contributed by atoms with Crippen molar-refractivity contribution in [2.24, 2.45) is 0 Å². The maximum Gasteiger partial charge on any atom is 0.280 e. The molecule has 2 aromatic carbocycles. The molecule has 0 saturated carbocycles. The molecule has 0 bridgehead atoms. The van der Waals surface area contributed by atoms with Crippen molar-refractivity contribution in [2.75, 3.05) is 0 Å². The molecule has 2 aromatic rings. The molecule has 10 nitrogen and oxygen atoms in total. The number of rotatable bonds is 3. The molecule has 150 valence electrons. The Labute approximate surface area is 169 Å². The number of imide groups is 2. The largest absolute Gasteiger partial charge is 0.280 e. The van der Waals surface area contributed by atoms with Crippen LogP contribution in [0, 0.1) is 0 Å². The van der Waals surface area contributed by atoms with Gasteiger partial charge in [-0.15, -0.1) is 0 Å². The van der Waals surface area contributed by atoms with E-state index in [1.54, 1.807) is 12.1 Å². The highest BCUT2D eigenvalue weighted by Crippen LogP contribution is 2.31. The van der Waals surface area contributed by atoms with E-state index in [0.29, 0.717) is 21.1 Å². The third kappa shape index (κ3) is 2.82. The minimum absolute atomic E-state index is 0.106. The van der Waals surface area contributed by atoms with Crippen molar-refractivity contribution in [1.82, 2.24) is 20.9 Å². The summed E-state index contributed by atoms with van der Waals surface area (Å²) in [5.74, 6) is -3.74. The van der Waals surface area contributed by atoms with Crippen LogP contribution in [0.2, 0.25) is 0 Å². The Hall–Kier alpha value is -4.34. The van der Waals surface area contributed by atoms with E-state index in [9.17, 15) is 28.8 Å². The Morgan fingerprint density at radius 1 is 0.600 bits per heavy atom. The fraction of sp³-hybridized carbons (Fsp3) is 0.100. The highest BCUT2D eigenvalue weighted by atomic mass is 16.2. The predicted molar refractivity (Wildman–Crippen MR) is 101 cm³/mol. The molecule has 0 unspecified atom stereocenters. The molecule has 0 atom stereocenters. The van der Waals surface area contributed by atoms with E-state index in [0.717, 1.165) is 0 Å². The quantitative estimate of drug-likeness (QED) is 0.719. The number of amides is 6. The highest BCUT2D eigenvalue weighted by Gasteiger charge is 2.38. The van der Waals surface area contributed by atoms with E-state index in [4.69, 9.17) is 0 Å². The number of fused-ring (bicyclic) bond motifs is 2. The van der Waals surface area contributed by atoms with Gasteiger partial charge in [-0.3, -0.25) is 39.6 Å². The molecule has 6 amide bonds. The van der Waals surface area contributed by atoms with Crippen LogP contribution in [0.3, 0.4) is 0 Å². The Morgan fingerprint density at radius 2 is 0.933 bits per heavy atom. The SMILES string of the molecule is CC(=O)NN1C(=O)c2ccc(-c3ccc4c(c3)C(=O)N(NC(C)=O)C4=O)cc2C1=O. The van der Waals surface area contributed by atoms with Crippen molar-refractivity contribution in [3.05, 3.63) is 58.7 Å². The van der Waals surface area contributed by atoms with Crippen LogP contribution in [0.4, 0.5) is 0 Å². The number of hydrogen-bond donors (Lipinski definition) is 2. The topological polar surface area (TPSA) is 133 Å². The number of nitrogens with zero attached hydrogens (tertiary/aromatic N) is 2. The third-order valence-electron chi connectivity index (χ3n) is 4.64. The molecule has 0 saturated heterocycles. The van der Waals surface area contributed by atoms with Gasteiger partial charge in [0.1, 0.15) is 0 Å². The van der Waals surface area contributed by atoms with Gasteiger partial charge in [0, 0.05) is 13.8 Å². The average molecular weight is 406 g/mol. The van der Waals surface area contributed by atoms with Gasteiger partial charge >= 0.3 is 0 Å². The van der Waals surface area contributed by atoms with E-state index < -0.39 is 35.4 Å². The normalized spacial score (nSPS) is 14.7. The van der Waals surface area contributed by atoms with E-state index >= 15 is 0 Å². The van der Waals surface area contributed by atoms with Gasteiger partial charge in [0.25, 0.3) is 23.6 Å². The Balaban J connectivity index is 1.71. The molecule has 30 heavy (non-hydrogen) atoms. The van der Waals surface area contributed by atoms with Crippen molar-refractivity contribution >= 4 is 35.4 Å². The molecule has 2 N–H and O–H groups in total. The molecule has 4 rings (SSSR count). The van der Waals surface area contributed by atoms with E-state index in [-0.39, 0.29) is 22.3 Å². The number of carbonyl (C=O) groups is 6. The van der Waals surface area contributed by atoms with Gasteiger partial charge in [-0.1, -0.05) is 12.1 Å². The summed E-state index contributed by atoms with van der Waals surface area (Å²) >= 11 is 0. The number of benzene rings is 2. The molecule has 10 heteroatoms. The second kappa shape index (κ2) is 6.62. The minimum Gasteiger partial charge on any atom is -0.274 e. The van der Waals surface area contributed by atoms with Gasteiger partial charge in [0.2, 0.25) is 11.8 Å². The van der Waals surface area contributed by atoms with Crippen LogP contribution in [-0.4, -0.2) is 45.5 Å². The smallest absolute Gasteiger partial charge is 0.274 e. The molecule has 2 aliphatic rings. The Kier molecular flexibility index (Phi) is 4.19. The number of hydrazine groups is 2. The summed E-state index contributed by atoms with van der Waals surface area (Å²) in [6.07, 6.45) is 0. The van der Waals surface area contributed by atoms with Gasteiger partial charge in [0.15, 0.2) is 0 Å². The summed E-state index contributed by atoms with van der Waals surface area (Å²) in [5, 5.41) is 1.29. The van der Waals surface area contributed by atoms with Gasteiger partial charge in [-0.25, -0.2) is 0 Å². The van der Waals surface area contributed by atoms with Crippen LogP contribution in [0.1, 0.15) is 55.3 Å². The fourth-order valence-electron chi connectivity index (χ4n) is 3.36. The monoisotopic (exact) mass is 406 g/mol. The number of carbonyl (C=O) groups excluding carboxylic acids is 6. The lowest BCUT2D eigenvalue weighted by molar-refractivity contribution is -0.122. The van der Waals surface area contributed by atoms with Crippen molar-refractivity contribution in [2.45, 2.75) is 13.8 Å². The van der Waals surface area contributed by atoms with E-state index in [1.807, 2.05) is 0 Å². The maximum absolute atomic E-state index is 12.5. The lowest BCUT2D eigenvalue weighted by Gasteiger charge is -2.12. The first-order valence-electron chi connectivity index (χ1n) is 8.79. The molecular weight excluding hydrogens is 392 g/mol. The van der Waals surface area contributed by atoms with E-state index in [1.165, 1.54) is 38.1 Å². The molecule has 0 aromatic heterocycles. The fourth-order valence-corrected chi connectivity index (χ4v) is 3.36. The van der Waals surface area contributed by atoms with Gasteiger partial charge in [0.05, 0.1) is 22.3 Å². The van der Waals surface area contributed by atoms with Crippen LogP contribution in [0.25, 0.3) is 11.1 Å². The van der Waals surface area contributed by atoms with Crippen LogP contribution < -0.4 is 10.9 Å². The Bertz CT molecular complexity index is 1110. The first-order valence-corrected chi connectivity index (χ1v) is 8.79. The van der Waals surface area contributed by atoms with Gasteiger partial charge in [-0.05, 0) is 35.4 Å².